The summed E-state index contributed by atoms with van der Waals surface area (Å²) in [7, 11) is 1.47. The summed E-state index contributed by atoms with van der Waals surface area (Å²) in [5.74, 6) is -1.52. The van der Waals surface area contributed by atoms with Gasteiger partial charge in [-0.05, 0) is 26.0 Å². The van der Waals surface area contributed by atoms with Gasteiger partial charge in [0.05, 0.1) is 17.1 Å². The first-order valence-corrected chi connectivity index (χ1v) is 5.53. The lowest BCUT2D eigenvalue weighted by Gasteiger charge is -2.33. The van der Waals surface area contributed by atoms with Crippen molar-refractivity contribution in [2.45, 2.75) is 19.4 Å². The van der Waals surface area contributed by atoms with Gasteiger partial charge in [0.1, 0.15) is 0 Å². The number of nitrogens with zero attached hydrogens (tertiary/aromatic N) is 2. The number of hydrogen-bond donors (Lipinski definition) is 1. The molecule has 0 bridgehead atoms. The van der Waals surface area contributed by atoms with Crippen molar-refractivity contribution in [2.75, 3.05) is 13.7 Å². The van der Waals surface area contributed by atoms with E-state index in [9.17, 15) is 24.4 Å². The van der Waals surface area contributed by atoms with E-state index in [0.29, 0.717) is 0 Å². The second-order valence-electron chi connectivity index (χ2n) is 4.76. The second kappa shape index (κ2) is 5.31. The lowest BCUT2D eigenvalue weighted by Crippen LogP contribution is -2.47. The van der Waals surface area contributed by atoms with E-state index in [4.69, 9.17) is 0 Å². The molecule has 1 aromatic carbocycles. The fourth-order valence-corrected chi connectivity index (χ4v) is 1.36. The van der Waals surface area contributed by atoms with Crippen molar-refractivity contribution >= 4 is 11.6 Å². The number of nitro benzene ring substituents is 1. The minimum atomic E-state index is -0.995. The zero-order valence-corrected chi connectivity index (χ0v) is 10.9. The Bertz CT molecular complexity index is 516. The molecular weight excluding hydrogens is 255 g/mol. The first kappa shape index (κ1) is 15.0. The fourth-order valence-electron chi connectivity index (χ4n) is 1.36. The average Bonchev–Trinajstić information content (AvgIpc) is 2.37. The van der Waals surface area contributed by atoms with Crippen LogP contribution in [0.5, 0.6) is 0 Å². The standard InChI is InChI=1S/C12H15FN2O4/c1-12(2,7-16)14(3)11(17)8-4-5-9(13)10(6-8)15(18)19/h4-6,16H,7H2,1-3H3. The minimum absolute atomic E-state index is 0.00266. The molecule has 19 heavy (non-hydrogen) atoms. The van der Waals surface area contributed by atoms with Crippen molar-refractivity contribution in [2.24, 2.45) is 0 Å². The number of carbonyl (C=O) groups is 1. The largest absolute Gasteiger partial charge is 0.394 e. The zero-order valence-electron chi connectivity index (χ0n) is 10.9. The molecule has 0 heterocycles. The molecule has 0 radical (unpaired) electrons. The molecule has 104 valence electrons. The Hall–Kier alpha value is -2.02. The quantitative estimate of drug-likeness (QED) is 0.665. The normalized spacial score (nSPS) is 11.2. The lowest BCUT2D eigenvalue weighted by molar-refractivity contribution is -0.387. The van der Waals surface area contributed by atoms with Crippen molar-refractivity contribution in [3.05, 3.63) is 39.7 Å². The minimum Gasteiger partial charge on any atom is -0.394 e. The highest BCUT2D eigenvalue weighted by Gasteiger charge is 2.28. The van der Waals surface area contributed by atoms with Crippen molar-refractivity contribution in [1.29, 1.82) is 0 Å². The molecule has 0 aromatic heterocycles. The number of amides is 1. The molecule has 6 nitrogen and oxygen atoms in total. The highest BCUT2D eigenvalue weighted by atomic mass is 19.1. The highest BCUT2D eigenvalue weighted by molar-refractivity contribution is 5.95. The van der Waals surface area contributed by atoms with Gasteiger partial charge in [-0.3, -0.25) is 14.9 Å². The van der Waals surface area contributed by atoms with E-state index in [0.717, 1.165) is 12.1 Å². The Morgan fingerprint density at radius 1 is 1.53 bits per heavy atom. The van der Waals surface area contributed by atoms with Gasteiger partial charge in [-0.2, -0.15) is 4.39 Å². The van der Waals surface area contributed by atoms with Crippen molar-refractivity contribution < 1.29 is 19.2 Å². The fraction of sp³-hybridized carbons (Fsp3) is 0.417. The molecule has 0 spiro atoms. The van der Waals surface area contributed by atoms with Crippen LogP contribution in [-0.4, -0.2) is 40.0 Å². The number of benzene rings is 1. The van der Waals surface area contributed by atoms with Gasteiger partial charge in [-0.25, -0.2) is 0 Å². The number of aliphatic hydroxyl groups excluding tert-OH is 1. The van der Waals surface area contributed by atoms with Crippen LogP contribution in [0, 0.1) is 15.9 Å². The zero-order chi connectivity index (χ0) is 14.8. The van der Waals surface area contributed by atoms with Crippen molar-refractivity contribution in [3.8, 4) is 0 Å². The summed E-state index contributed by atoms with van der Waals surface area (Å²) in [6.07, 6.45) is 0. The number of rotatable bonds is 4. The maximum atomic E-state index is 13.2. The van der Waals surface area contributed by atoms with Crippen LogP contribution in [0.15, 0.2) is 18.2 Å². The highest BCUT2D eigenvalue weighted by Crippen LogP contribution is 2.21. The summed E-state index contributed by atoms with van der Waals surface area (Å²) in [6, 6.07) is 2.95. The number of carbonyl (C=O) groups excluding carboxylic acids is 1. The molecular formula is C12H15FN2O4. The van der Waals surface area contributed by atoms with Crippen LogP contribution in [0.4, 0.5) is 10.1 Å². The van der Waals surface area contributed by atoms with Crippen LogP contribution in [0.2, 0.25) is 0 Å². The van der Waals surface area contributed by atoms with Gasteiger partial charge in [0, 0.05) is 18.7 Å². The third kappa shape index (κ3) is 3.05. The van der Waals surface area contributed by atoms with E-state index in [-0.39, 0.29) is 12.2 Å². The van der Waals surface area contributed by atoms with E-state index in [1.54, 1.807) is 13.8 Å². The van der Waals surface area contributed by atoms with Gasteiger partial charge < -0.3 is 10.0 Å². The first-order chi connectivity index (χ1) is 8.70. The summed E-state index contributed by atoms with van der Waals surface area (Å²) in [6.45, 7) is 3.02. The molecule has 1 amide bonds. The molecule has 0 atom stereocenters. The van der Waals surface area contributed by atoms with Gasteiger partial charge in [0.25, 0.3) is 5.91 Å². The average molecular weight is 270 g/mol. The summed E-state index contributed by atoms with van der Waals surface area (Å²) in [5.41, 5.74) is -1.57. The number of nitro groups is 1. The van der Waals surface area contributed by atoms with Crippen LogP contribution in [0.3, 0.4) is 0 Å². The van der Waals surface area contributed by atoms with Crippen LogP contribution < -0.4 is 0 Å². The van der Waals surface area contributed by atoms with Crippen LogP contribution in [0.1, 0.15) is 24.2 Å². The number of likely N-dealkylation sites (N-methyl/N-ethyl adjacent to an activating group) is 1. The Morgan fingerprint density at radius 3 is 2.58 bits per heavy atom. The Labute approximate surface area is 109 Å². The Balaban J connectivity index is 3.14. The third-order valence-corrected chi connectivity index (χ3v) is 2.99. The predicted octanol–water partition coefficient (Wildman–Crippen LogP) is 1.58. The van der Waals surface area contributed by atoms with Gasteiger partial charge in [0.15, 0.2) is 0 Å². The van der Waals surface area contributed by atoms with E-state index in [1.165, 1.54) is 18.0 Å². The van der Waals surface area contributed by atoms with E-state index in [2.05, 4.69) is 0 Å². The maximum Gasteiger partial charge on any atom is 0.305 e. The van der Waals surface area contributed by atoms with Crippen molar-refractivity contribution in [3.63, 3.8) is 0 Å². The van der Waals surface area contributed by atoms with Crippen LogP contribution in [0.25, 0.3) is 0 Å². The SMILES string of the molecule is CN(C(=O)c1ccc(F)c([N+](=O)[O-])c1)C(C)(C)CO. The number of hydrogen-bond acceptors (Lipinski definition) is 4. The molecule has 0 saturated carbocycles. The van der Waals surface area contributed by atoms with Crippen LogP contribution in [-0.2, 0) is 0 Å². The molecule has 1 N–H and O–H groups in total. The Kier molecular flexibility index (Phi) is 4.21. The molecule has 1 aromatic rings. The van der Waals surface area contributed by atoms with Gasteiger partial charge in [-0.1, -0.05) is 0 Å². The lowest BCUT2D eigenvalue weighted by atomic mass is 10.0. The van der Waals surface area contributed by atoms with Crippen molar-refractivity contribution in [1.82, 2.24) is 4.90 Å². The summed E-state index contributed by atoms with van der Waals surface area (Å²) in [4.78, 5) is 23.1. The number of halogens is 1. The molecule has 0 aliphatic heterocycles. The molecule has 1 rings (SSSR count). The molecule has 0 unspecified atom stereocenters. The van der Waals surface area contributed by atoms with Crippen LogP contribution >= 0.6 is 0 Å². The molecule has 7 heteroatoms. The van der Waals surface area contributed by atoms with Gasteiger partial charge in [-0.15, -0.1) is 0 Å². The number of aliphatic hydroxyl groups is 1. The maximum absolute atomic E-state index is 13.2. The first-order valence-electron chi connectivity index (χ1n) is 5.53. The second-order valence-corrected chi connectivity index (χ2v) is 4.76. The topological polar surface area (TPSA) is 83.7 Å². The smallest absolute Gasteiger partial charge is 0.305 e. The molecule has 0 aliphatic rings. The summed E-state index contributed by atoms with van der Waals surface area (Å²) < 4.78 is 13.2. The summed E-state index contributed by atoms with van der Waals surface area (Å²) in [5, 5.41) is 19.8. The molecule has 0 aliphatic carbocycles. The van der Waals surface area contributed by atoms with E-state index >= 15 is 0 Å². The molecule has 0 saturated heterocycles. The molecule has 0 fully saturated rings. The van der Waals surface area contributed by atoms with E-state index in [1.807, 2.05) is 0 Å². The van der Waals surface area contributed by atoms with Gasteiger partial charge in [0.2, 0.25) is 5.82 Å². The predicted molar refractivity (Wildman–Crippen MR) is 66.3 cm³/mol. The van der Waals surface area contributed by atoms with Gasteiger partial charge >= 0.3 is 5.69 Å². The Morgan fingerprint density at radius 2 is 2.11 bits per heavy atom. The van der Waals surface area contributed by atoms with E-state index < -0.39 is 27.9 Å². The monoisotopic (exact) mass is 270 g/mol. The summed E-state index contributed by atoms with van der Waals surface area (Å²) >= 11 is 0. The third-order valence-electron chi connectivity index (χ3n) is 2.99.